The van der Waals surface area contributed by atoms with E-state index in [0.29, 0.717) is 12.3 Å². The van der Waals surface area contributed by atoms with Crippen molar-refractivity contribution in [1.29, 1.82) is 0 Å². The summed E-state index contributed by atoms with van der Waals surface area (Å²) in [6.07, 6.45) is 1.47. The van der Waals surface area contributed by atoms with Crippen molar-refractivity contribution in [3.05, 3.63) is 0 Å². The van der Waals surface area contributed by atoms with Crippen LogP contribution in [0.25, 0.3) is 0 Å². The van der Waals surface area contributed by atoms with Crippen LogP contribution in [0.4, 0.5) is 0 Å². The molecule has 0 aromatic heterocycles. The molecule has 10 heavy (non-hydrogen) atoms. The second kappa shape index (κ2) is 4.97. The third kappa shape index (κ3) is 3.22. The summed E-state index contributed by atoms with van der Waals surface area (Å²) in [7, 11) is 0. The molecule has 0 rings (SSSR count). The van der Waals surface area contributed by atoms with Crippen molar-refractivity contribution in [3.63, 3.8) is 0 Å². The molecule has 0 radical (unpaired) electrons. The highest BCUT2D eigenvalue weighted by Crippen LogP contribution is 1.99. The predicted octanol–water partition coefficient (Wildman–Crippen LogP) is 1.15. The molecule has 0 aliphatic rings. The number of rotatable bonds is 4. The maximum atomic E-state index is 9.83. The van der Waals surface area contributed by atoms with Gasteiger partial charge in [0.2, 0.25) is 6.41 Å². The van der Waals surface area contributed by atoms with Gasteiger partial charge in [0.15, 0.2) is 0 Å². The van der Waals surface area contributed by atoms with E-state index in [-0.39, 0.29) is 0 Å². The van der Waals surface area contributed by atoms with Crippen LogP contribution in [0.3, 0.4) is 0 Å². The Hall–Kier alpha value is -0.860. The number of carbonyl (C=O) groups is 1. The largest absolute Gasteiger partial charge is 0.277 e. The Bertz CT molecular complexity index is 130. The van der Waals surface area contributed by atoms with Gasteiger partial charge in [-0.1, -0.05) is 20.8 Å². The first-order chi connectivity index (χ1) is 4.72. The average Bonchev–Trinajstić information content (AvgIpc) is 1.89. The fourth-order valence-electron chi connectivity index (χ4n) is 0.726. The molecule has 1 N–H and O–H groups in total. The maximum absolute atomic E-state index is 9.83. The van der Waals surface area contributed by atoms with Crippen LogP contribution in [0.2, 0.25) is 0 Å². The number of hydrogen-bond donors (Lipinski definition) is 1. The topological polar surface area (TPSA) is 41.5 Å². The zero-order valence-corrected chi connectivity index (χ0v) is 6.72. The lowest BCUT2D eigenvalue weighted by molar-refractivity contribution is -0.109. The lowest BCUT2D eigenvalue weighted by Crippen LogP contribution is -2.12. The van der Waals surface area contributed by atoms with Crippen LogP contribution >= 0.6 is 0 Å². The molecule has 0 aliphatic carbocycles. The summed E-state index contributed by atoms with van der Waals surface area (Å²) in [6.45, 7) is 6.12. The maximum Gasteiger partial charge on any atom is 0.227 e. The minimum Gasteiger partial charge on any atom is -0.277 e. The van der Waals surface area contributed by atoms with Crippen LogP contribution in [0.15, 0.2) is 5.10 Å². The zero-order valence-electron chi connectivity index (χ0n) is 6.72. The van der Waals surface area contributed by atoms with Crippen molar-refractivity contribution < 1.29 is 4.79 Å². The van der Waals surface area contributed by atoms with E-state index in [1.165, 1.54) is 0 Å². The highest BCUT2D eigenvalue weighted by atomic mass is 16.1. The molecule has 0 aliphatic heterocycles. The van der Waals surface area contributed by atoms with Crippen LogP contribution in [0.1, 0.15) is 27.2 Å². The van der Waals surface area contributed by atoms with Crippen molar-refractivity contribution in [2.45, 2.75) is 27.2 Å². The highest BCUT2D eigenvalue weighted by molar-refractivity contribution is 5.86. The summed E-state index contributed by atoms with van der Waals surface area (Å²) in [5, 5.41) is 3.86. The zero-order chi connectivity index (χ0) is 7.98. The minimum atomic E-state index is 0.414. The van der Waals surface area contributed by atoms with E-state index < -0.39 is 0 Å². The van der Waals surface area contributed by atoms with Gasteiger partial charge in [-0.3, -0.25) is 4.79 Å². The van der Waals surface area contributed by atoms with Crippen LogP contribution in [-0.2, 0) is 4.79 Å². The molecule has 1 amide bonds. The number of nitrogens with zero attached hydrogens (tertiary/aromatic N) is 1. The summed E-state index contributed by atoms with van der Waals surface area (Å²) in [4.78, 5) is 9.83. The molecule has 0 saturated heterocycles. The van der Waals surface area contributed by atoms with Gasteiger partial charge in [-0.05, 0) is 12.3 Å². The first kappa shape index (κ1) is 9.14. The standard InChI is InChI=1S/C7H14N2O/c1-4-7(6(2)3)9-8-5-10/h5-6H,4H2,1-3H3,(H,8,10)/b9-7-. The van der Waals surface area contributed by atoms with Gasteiger partial charge >= 0.3 is 0 Å². The van der Waals surface area contributed by atoms with Crippen molar-refractivity contribution in [2.75, 3.05) is 0 Å². The molecule has 0 unspecified atom stereocenters. The van der Waals surface area contributed by atoms with Gasteiger partial charge in [-0.2, -0.15) is 5.10 Å². The lowest BCUT2D eigenvalue weighted by atomic mass is 10.1. The molecule has 0 atom stereocenters. The number of nitrogens with one attached hydrogen (secondary N) is 1. The quantitative estimate of drug-likeness (QED) is 0.357. The van der Waals surface area contributed by atoms with Crippen molar-refractivity contribution >= 4 is 12.1 Å². The van der Waals surface area contributed by atoms with E-state index in [1.807, 2.05) is 6.92 Å². The Labute approximate surface area is 61.5 Å². The lowest BCUT2D eigenvalue weighted by Gasteiger charge is -2.04. The Balaban J connectivity index is 3.90. The summed E-state index contributed by atoms with van der Waals surface area (Å²) in [5.41, 5.74) is 3.31. The summed E-state index contributed by atoms with van der Waals surface area (Å²) < 4.78 is 0. The first-order valence-electron chi connectivity index (χ1n) is 3.48. The van der Waals surface area contributed by atoms with Crippen molar-refractivity contribution in [3.8, 4) is 0 Å². The van der Waals surface area contributed by atoms with Crippen LogP contribution in [0, 0.1) is 5.92 Å². The van der Waals surface area contributed by atoms with E-state index in [0.717, 1.165) is 12.1 Å². The van der Waals surface area contributed by atoms with Gasteiger partial charge in [0.05, 0.1) is 0 Å². The second-order valence-electron chi connectivity index (χ2n) is 2.36. The SMILES string of the molecule is CC/C(=N/NC=O)C(C)C. The van der Waals surface area contributed by atoms with Crippen LogP contribution in [-0.4, -0.2) is 12.1 Å². The average molecular weight is 142 g/mol. The van der Waals surface area contributed by atoms with Gasteiger partial charge < -0.3 is 0 Å². The van der Waals surface area contributed by atoms with E-state index in [2.05, 4.69) is 24.4 Å². The smallest absolute Gasteiger partial charge is 0.227 e. The van der Waals surface area contributed by atoms with Crippen molar-refractivity contribution in [1.82, 2.24) is 5.43 Å². The molecule has 58 valence electrons. The van der Waals surface area contributed by atoms with Gasteiger partial charge in [-0.15, -0.1) is 0 Å². The molecule has 3 heteroatoms. The minimum absolute atomic E-state index is 0.414. The molecular formula is C7H14N2O. The molecule has 0 bridgehead atoms. The van der Waals surface area contributed by atoms with E-state index in [9.17, 15) is 4.79 Å². The Kier molecular flexibility index (Phi) is 4.54. The molecule has 0 saturated carbocycles. The molecular weight excluding hydrogens is 128 g/mol. The Morgan fingerprint density at radius 1 is 1.70 bits per heavy atom. The number of hydrazone groups is 1. The molecule has 3 nitrogen and oxygen atoms in total. The molecule has 0 fully saturated rings. The van der Waals surface area contributed by atoms with E-state index in [4.69, 9.17) is 0 Å². The molecule has 0 heterocycles. The second-order valence-corrected chi connectivity index (χ2v) is 2.36. The fourth-order valence-corrected chi connectivity index (χ4v) is 0.726. The molecule has 0 spiro atoms. The van der Waals surface area contributed by atoms with Gasteiger partial charge in [-0.25, -0.2) is 5.43 Å². The normalized spacial score (nSPS) is 11.8. The summed E-state index contributed by atoms with van der Waals surface area (Å²) in [5.74, 6) is 0.414. The number of hydrogen-bond acceptors (Lipinski definition) is 2. The van der Waals surface area contributed by atoms with Crippen molar-refractivity contribution in [2.24, 2.45) is 11.0 Å². The summed E-state index contributed by atoms with van der Waals surface area (Å²) >= 11 is 0. The molecule has 0 aromatic rings. The fraction of sp³-hybridized carbons (Fsp3) is 0.714. The van der Waals surface area contributed by atoms with E-state index in [1.54, 1.807) is 0 Å². The predicted molar refractivity (Wildman–Crippen MR) is 41.8 cm³/mol. The number of carbonyl (C=O) groups excluding carboxylic acids is 1. The van der Waals surface area contributed by atoms with E-state index >= 15 is 0 Å². The first-order valence-corrected chi connectivity index (χ1v) is 3.48. The van der Waals surface area contributed by atoms with Gasteiger partial charge in [0, 0.05) is 5.71 Å². The third-order valence-corrected chi connectivity index (χ3v) is 1.29. The van der Waals surface area contributed by atoms with Crippen LogP contribution < -0.4 is 5.43 Å². The summed E-state index contributed by atoms with van der Waals surface area (Å²) in [6, 6.07) is 0. The monoisotopic (exact) mass is 142 g/mol. The van der Waals surface area contributed by atoms with Crippen LogP contribution in [0.5, 0.6) is 0 Å². The molecule has 0 aromatic carbocycles. The van der Waals surface area contributed by atoms with Gasteiger partial charge in [0.1, 0.15) is 0 Å². The van der Waals surface area contributed by atoms with Gasteiger partial charge in [0.25, 0.3) is 0 Å². The third-order valence-electron chi connectivity index (χ3n) is 1.29. The number of amides is 1. The Morgan fingerprint density at radius 2 is 2.30 bits per heavy atom. The Morgan fingerprint density at radius 3 is 2.60 bits per heavy atom. The highest BCUT2D eigenvalue weighted by Gasteiger charge is 2.00.